The molecule has 0 bridgehead atoms. The molecular weight excluding hydrogens is 302 g/mol. The van der Waals surface area contributed by atoms with Gasteiger partial charge in [-0.05, 0) is 25.5 Å². The Balaban J connectivity index is 1.58. The zero-order valence-corrected chi connectivity index (χ0v) is 15.0. The molecule has 2 unspecified atom stereocenters. The first-order valence-electron chi connectivity index (χ1n) is 8.77. The summed E-state index contributed by atoms with van der Waals surface area (Å²) in [5.74, 6) is 1.82. The van der Waals surface area contributed by atoms with Crippen LogP contribution < -0.4 is 0 Å². The number of hydrogen-bond donors (Lipinski definition) is 0. The average molecular weight is 329 g/mol. The van der Waals surface area contributed by atoms with E-state index in [0.717, 1.165) is 37.9 Å². The molecule has 6 heteroatoms. The van der Waals surface area contributed by atoms with Crippen molar-refractivity contribution in [2.45, 2.75) is 45.7 Å². The van der Waals surface area contributed by atoms with Gasteiger partial charge in [0.05, 0.1) is 6.04 Å². The average Bonchev–Trinajstić information content (AvgIpc) is 3.12. The molecular formula is C18H27N5O. The first kappa shape index (κ1) is 17.0. The minimum Gasteiger partial charge on any atom is -0.338 e. The van der Waals surface area contributed by atoms with Crippen LogP contribution in [0.2, 0.25) is 0 Å². The molecule has 1 aliphatic rings. The molecule has 1 saturated heterocycles. The maximum absolute atomic E-state index is 5.46. The highest BCUT2D eigenvalue weighted by Gasteiger charge is 2.28. The first-order chi connectivity index (χ1) is 11.6. The Hall–Kier alpha value is -1.79. The van der Waals surface area contributed by atoms with Gasteiger partial charge in [-0.3, -0.25) is 14.8 Å². The van der Waals surface area contributed by atoms with Gasteiger partial charge in [0, 0.05) is 50.5 Å². The number of pyridine rings is 1. The monoisotopic (exact) mass is 329 g/mol. The van der Waals surface area contributed by atoms with Gasteiger partial charge in [0.1, 0.15) is 0 Å². The highest BCUT2D eigenvalue weighted by Crippen LogP contribution is 2.25. The molecule has 3 rings (SSSR count). The summed E-state index contributed by atoms with van der Waals surface area (Å²) in [4.78, 5) is 13.7. The normalized spacial score (nSPS) is 19.5. The van der Waals surface area contributed by atoms with Gasteiger partial charge in [-0.25, -0.2) is 0 Å². The molecule has 0 saturated carbocycles. The molecule has 0 N–H and O–H groups in total. The topological polar surface area (TPSA) is 58.3 Å². The quantitative estimate of drug-likeness (QED) is 0.840. The second kappa shape index (κ2) is 7.40. The fraction of sp³-hybridized carbons (Fsp3) is 0.611. The fourth-order valence-electron chi connectivity index (χ4n) is 3.15. The van der Waals surface area contributed by atoms with Crippen LogP contribution in [0.5, 0.6) is 0 Å². The lowest BCUT2D eigenvalue weighted by atomic mass is 10.1. The van der Waals surface area contributed by atoms with Crippen molar-refractivity contribution in [1.29, 1.82) is 0 Å². The van der Waals surface area contributed by atoms with Crippen molar-refractivity contribution in [3.8, 4) is 0 Å². The second-order valence-electron chi connectivity index (χ2n) is 6.86. The second-order valence-corrected chi connectivity index (χ2v) is 6.86. The van der Waals surface area contributed by atoms with E-state index in [9.17, 15) is 0 Å². The highest BCUT2D eigenvalue weighted by molar-refractivity contribution is 5.13. The zero-order valence-electron chi connectivity index (χ0n) is 15.0. The van der Waals surface area contributed by atoms with Gasteiger partial charge in [-0.2, -0.15) is 4.98 Å². The Bertz CT molecular complexity index is 634. The lowest BCUT2D eigenvalue weighted by Crippen LogP contribution is -2.47. The van der Waals surface area contributed by atoms with E-state index in [-0.39, 0.29) is 6.04 Å². The minimum absolute atomic E-state index is 0.167. The summed E-state index contributed by atoms with van der Waals surface area (Å²) in [7, 11) is 0. The van der Waals surface area contributed by atoms with Crippen LogP contribution in [0.25, 0.3) is 0 Å². The van der Waals surface area contributed by atoms with Crippen LogP contribution in [0.4, 0.5) is 0 Å². The Morgan fingerprint density at radius 1 is 1.00 bits per heavy atom. The van der Waals surface area contributed by atoms with E-state index in [1.807, 2.05) is 18.5 Å². The Labute approximate surface area is 143 Å². The van der Waals surface area contributed by atoms with E-state index in [1.165, 1.54) is 5.56 Å². The van der Waals surface area contributed by atoms with Gasteiger partial charge in [-0.1, -0.05) is 25.1 Å². The Kier molecular flexibility index (Phi) is 5.26. The molecule has 1 fully saturated rings. The van der Waals surface area contributed by atoms with Crippen LogP contribution in [0.1, 0.15) is 63.0 Å². The molecule has 0 aromatic carbocycles. The third kappa shape index (κ3) is 3.65. The lowest BCUT2D eigenvalue weighted by Gasteiger charge is -2.39. The van der Waals surface area contributed by atoms with Gasteiger partial charge in [-0.15, -0.1) is 0 Å². The first-order valence-corrected chi connectivity index (χ1v) is 8.77. The van der Waals surface area contributed by atoms with Gasteiger partial charge >= 0.3 is 0 Å². The molecule has 6 nitrogen and oxygen atoms in total. The molecule has 0 radical (unpaired) electrons. The fourth-order valence-corrected chi connectivity index (χ4v) is 3.15. The van der Waals surface area contributed by atoms with E-state index >= 15 is 0 Å². The molecule has 130 valence electrons. The van der Waals surface area contributed by atoms with Crippen LogP contribution in [-0.4, -0.2) is 51.1 Å². The van der Waals surface area contributed by atoms with Crippen molar-refractivity contribution in [2.75, 3.05) is 26.2 Å². The molecule has 24 heavy (non-hydrogen) atoms. The van der Waals surface area contributed by atoms with Gasteiger partial charge in [0.25, 0.3) is 0 Å². The summed E-state index contributed by atoms with van der Waals surface area (Å²) in [5.41, 5.74) is 1.28. The van der Waals surface area contributed by atoms with Crippen LogP contribution in [0.3, 0.4) is 0 Å². The smallest absolute Gasteiger partial charge is 0.243 e. The summed E-state index contributed by atoms with van der Waals surface area (Å²) in [6, 6.07) is 4.72. The summed E-state index contributed by atoms with van der Waals surface area (Å²) >= 11 is 0. The number of piperazine rings is 1. The summed E-state index contributed by atoms with van der Waals surface area (Å²) in [6.45, 7) is 12.6. The predicted octanol–water partition coefficient (Wildman–Crippen LogP) is 3.03. The molecule has 3 heterocycles. The van der Waals surface area contributed by atoms with Crippen LogP contribution >= 0.6 is 0 Å². The van der Waals surface area contributed by atoms with E-state index in [4.69, 9.17) is 4.52 Å². The van der Waals surface area contributed by atoms with Gasteiger partial charge < -0.3 is 4.52 Å². The minimum atomic E-state index is 0.167. The van der Waals surface area contributed by atoms with Crippen molar-refractivity contribution in [2.24, 2.45) is 0 Å². The third-order valence-electron chi connectivity index (χ3n) is 4.94. The molecule has 0 amide bonds. The SMILES string of the molecule is CC(C)c1noc(C(C)N2CCN(C(C)c3cccnc3)CC2)n1. The van der Waals surface area contributed by atoms with Crippen LogP contribution in [-0.2, 0) is 0 Å². The van der Waals surface area contributed by atoms with Crippen LogP contribution in [0.15, 0.2) is 29.0 Å². The van der Waals surface area contributed by atoms with Crippen molar-refractivity contribution >= 4 is 0 Å². The number of nitrogens with zero attached hydrogens (tertiary/aromatic N) is 5. The number of hydrogen-bond acceptors (Lipinski definition) is 6. The predicted molar refractivity (Wildman–Crippen MR) is 92.6 cm³/mol. The van der Waals surface area contributed by atoms with Crippen molar-refractivity contribution < 1.29 is 4.52 Å². The molecule has 0 aliphatic carbocycles. The van der Waals surface area contributed by atoms with Crippen molar-refractivity contribution in [3.63, 3.8) is 0 Å². The number of rotatable bonds is 5. The van der Waals surface area contributed by atoms with Crippen molar-refractivity contribution in [3.05, 3.63) is 41.8 Å². The molecule has 1 aliphatic heterocycles. The highest BCUT2D eigenvalue weighted by atomic mass is 16.5. The zero-order chi connectivity index (χ0) is 17.1. The van der Waals surface area contributed by atoms with Crippen molar-refractivity contribution in [1.82, 2.24) is 24.9 Å². The van der Waals surface area contributed by atoms with Crippen LogP contribution in [0, 0.1) is 0 Å². The molecule has 2 aromatic rings. The summed E-state index contributed by atoms with van der Waals surface area (Å²) < 4.78 is 5.46. The Morgan fingerprint density at radius 2 is 1.67 bits per heavy atom. The summed E-state index contributed by atoms with van der Waals surface area (Å²) in [6.07, 6.45) is 3.79. The molecule has 2 aromatic heterocycles. The number of aromatic nitrogens is 3. The maximum atomic E-state index is 5.46. The third-order valence-corrected chi connectivity index (χ3v) is 4.94. The van der Waals surface area contributed by atoms with E-state index in [1.54, 1.807) is 0 Å². The lowest BCUT2D eigenvalue weighted by molar-refractivity contribution is 0.0677. The standard InChI is InChI=1S/C18H27N5O/c1-13(2)17-20-18(24-21-17)15(4)23-10-8-22(9-11-23)14(3)16-6-5-7-19-12-16/h5-7,12-15H,8-11H2,1-4H3. The van der Waals surface area contributed by atoms with E-state index in [0.29, 0.717) is 12.0 Å². The molecule has 2 atom stereocenters. The molecule has 0 spiro atoms. The largest absolute Gasteiger partial charge is 0.338 e. The summed E-state index contributed by atoms with van der Waals surface area (Å²) in [5, 5.41) is 4.08. The van der Waals surface area contributed by atoms with Gasteiger partial charge in [0.2, 0.25) is 5.89 Å². The van der Waals surface area contributed by atoms with E-state index < -0.39 is 0 Å². The van der Waals surface area contributed by atoms with E-state index in [2.05, 4.69) is 58.7 Å². The Morgan fingerprint density at radius 3 is 2.21 bits per heavy atom. The maximum Gasteiger partial charge on any atom is 0.243 e. The van der Waals surface area contributed by atoms with Gasteiger partial charge in [0.15, 0.2) is 5.82 Å².